The van der Waals surface area contributed by atoms with Crippen LogP contribution in [0.15, 0.2) is 0 Å². The van der Waals surface area contributed by atoms with E-state index in [1.807, 2.05) is 6.92 Å². The van der Waals surface area contributed by atoms with Crippen LogP contribution in [-0.4, -0.2) is 22.8 Å². The van der Waals surface area contributed by atoms with Crippen LogP contribution in [0.5, 0.6) is 5.88 Å². The SMILES string of the molecule is CCc1nc(N)c(C)c(OCCCC(F)(F)F)n1. The molecule has 0 aliphatic rings. The van der Waals surface area contributed by atoms with Gasteiger partial charge in [-0.25, -0.2) is 4.98 Å². The summed E-state index contributed by atoms with van der Waals surface area (Å²) in [7, 11) is 0. The summed E-state index contributed by atoms with van der Waals surface area (Å²) in [5, 5.41) is 0. The summed E-state index contributed by atoms with van der Waals surface area (Å²) in [5.74, 6) is 1.08. The minimum absolute atomic E-state index is 0.0417. The molecule has 0 aliphatic heterocycles. The summed E-state index contributed by atoms with van der Waals surface area (Å²) >= 11 is 0. The predicted octanol–water partition coefficient (Wildman–Crippen LogP) is 2.65. The Labute approximate surface area is 103 Å². The Kier molecular flexibility index (Phi) is 4.75. The first-order valence-electron chi connectivity index (χ1n) is 5.66. The van der Waals surface area contributed by atoms with E-state index in [-0.39, 0.29) is 18.9 Å². The number of halogens is 3. The molecule has 7 heteroatoms. The summed E-state index contributed by atoms with van der Waals surface area (Å²) in [6.07, 6.45) is -4.54. The van der Waals surface area contributed by atoms with Crippen molar-refractivity contribution in [3.63, 3.8) is 0 Å². The molecule has 0 atom stereocenters. The van der Waals surface area contributed by atoms with Crippen LogP contribution in [-0.2, 0) is 6.42 Å². The number of hydrogen-bond donors (Lipinski definition) is 1. The third kappa shape index (κ3) is 4.38. The first-order chi connectivity index (χ1) is 8.33. The van der Waals surface area contributed by atoms with Crippen molar-refractivity contribution in [3.8, 4) is 5.88 Å². The predicted molar refractivity (Wildman–Crippen MR) is 61.3 cm³/mol. The lowest BCUT2D eigenvalue weighted by atomic mass is 10.3. The standard InChI is InChI=1S/C11H16F3N3O/c1-3-8-16-9(15)7(2)10(17-8)18-6-4-5-11(12,13)14/h3-6H2,1-2H3,(H2,15,16,17). The van der Waals surface area contributed by atoms with Gasteiger partial charge in [0.1, 0.15) is 11.6 Å². The van der Waals surface area contributed by atoms with E-state index in [4.69, 9.17) is 10.5 Å². The topological polar surface area (TPSA) is 61.0 Å². The maximum Gasteiger partial charge on any atom is 0.389 e. The fourth-order valence-corrected chi connectivity index (χ4v) is 1.30. The number of nitrogen functional groups attached to an aromatic ring is 1. The van der Waals surface area contributed by atoms with E-state index in [1.165, 1.54) is 0 Å². The van der Waals surface area contributed by atoms with Gasteiger partial charge in [-0.1, -0.05) is 6.92 Å². The largest absolute Gasteiger partial charge is 0.477 e. The van der Waals surface area contributed by atoms with Crippen molar-refractivity contribution in [1.82, 2.24) is 9.97 Å². The fourth-order valence-electron chi connectivity index (χ4n) is 1.30. The highest BCUT2D eigenvalue weighted by atomic mass is 19.4. The number of aryl methyl sites for hydroxylation is 1. The number of aromatic nitrogens is 2. The van der Waals surface area contributed by atoms with Crippen LogP contribution in [0.25, 0.3) is 0 Å². The zero-order valence-corrected chi connectivity index (χ0v) is 10.3. The highest BCUT2D eigenvalue weighted by Gasteiger charge is 2.26. The molecule has 0 amide bonds. The van der Waals surface area contributed by atoms with E-state index in [0.717, 1.165) is 0 Å². The van der Waals surface area contributed by atoms with E-state index < -0.39 is 12.6 Å². The van der Waals surface area contributed by atoms with Crippen LogP contribution in [0.1, 0.15) is 31.2 Å². The second kappa shape index (κ2) is 5.88. The lowest BCUT2D eigenvalue weighted by molar-refractivity contribution is -0.136. The summed E-state index contributed by atoms with van der Waals surface area (Å²) in [4.78, 5) is 8.12. The van der Waals surface area contributed by atoms with Gasteiger partial charge in [0.2, 0.25) is 5.88 Å². The van der Waals surface area contributed by atoms with Gasteiger partial charge in [-0.15, -0.1) is 0 Å². The van der Waals surface area contributed by atoms with Gasteiger partial charge < -0.3 is 10.5 Å². The molecule has 0 spiro atoms. The second-order valence-electron chi connectivity index (χ2n) is 3.88. The number of alkyl halides is 3. The molecule has 0 radical (unpaired) electrons. The molecule has 18 heavy (non-hydrogen) atoms. The molecule has 0 aliphatic carbocycles. The molecule has 2 N–H and O–H groups in total. The molecule has 0 fully saturated rings. The van der Waals surface area contributed by atoms with Gasteiger partial charge >= 0.3 is 6.18 Å². The van der Waals surface area contributed by atoms with Crippen LogP contribution < -0.4 is 10.5 Å². The third-order valence-corrected chi connectivity index (χ3v) is 2.34. The summed E-state index contributed by atoms with van der Waals surface area (Å²) < 4.78 is 41.1. The minimum atomic E-state index is -4.16. The van der Waals surface area contributed by atoms with Crippen LogP contribution in [0, 0.1) is 6.92 Å². The summed E-state index contributed by atoms with van der Waals surface area (Å²) in [6, 6.07) is 0. The van der Waals surface area contributed by atoms with Crippen molar-refractivity contribution >= 4 is 5.82 Å². The molecule has 1 rings (SSSR count). The van der Waals surface area contributed by atoms with Crippen LogP contribution in [0.3, 0.4) is 0 Å². The molecule has 102 valence electrons. The lowest BCUT2D eigenvalue weighted by Gasteiger charge is -2.11. The van der Waals surface area contributed by atoms with E-state index in [0.29, 0.717) is 23.6 Å². The molecule has 1 aromatic heterocycles. The average molecular weight is 263 g/mol. The fraction of sp³-hybridized carbons (Fsp3) is 0.636. The van der Waals surface area contributed by atoms with E-state index in [2.05, 4.69) is 9.97 Å². The van der Waals surface area contributed by atoms with Crippen LogP contribution in [0.4, 0.5) is 19.0 Å². The summed E-state index contributed by atoms with van der Waals surface area (Å²) in [5.41, 5.74) is 6.21. The van der Waals surface area contributed by atoms with Crippen molar-refractivity contribution in [1.29, 1.82) is 0 Å². The number of hydrogen-bond acceptors (Lipinski definition) is 4. The smallest absolute Gasteiger partial charge is 0.389 e. The van der Waals surface area contributed by atoms with Gasteiger partial charge in [-0.2, -0.15) is 18.2 Å². The number of anilines is 1. The molecule has 1 aromatic rings. The van der Waals surface area contributed by atoms with Gasteiger partial charge in [0.05, 0.1) is 12.2 Å². The quantitative estimate of drug-likeness (QED) is 0.829. The Hall–Kier alpha value is -1.53. The minimum Gasteiger partial charge on any atom is -0.477 e. The van der Waals surface area contributed by atoms with Gasteiger partial charge in [-0.3, -0.25) is 0 Å². The lowest BCUT2D eigenvalue weighted by Crippen LogP contribution is -2.11. The molecule has 0 aromatic carbocycles. The van der Waals surface area contributed by atoms with Crippen LogP contribution in [0.2, 0.25) is 0 Å². The van der Waals surface area contributed by atoms with E-state index in [1.54, 1.807) is 6.92 Å². The second-order valence-corrected chi connectivity index (χ2v) is 3.88. The average Bonchev–Trinajstić information content (AvgIpc) is 2.28. The van der Waals surface area contributed by atoms with E-state index >= 15 is 0 Å². The summed E-state index contributed by atoms with van der Waals surface area (Å²) in [6.45, 7) is 3.49. The Morgan fingerprint density at radius 3 is 2.50 bits per heavy atom. The number of rotatable bonds is 5. The Morgan fingerprint density at radius 1 is 1.28 bits per heavy atom. The van der Waals surface area contributed by atoms with E-state index in [9.17, 15) is 13.2 Å². The van der Waals surface area contributed by atoms with Crippen molar-refractivity contribution < 1.29 is 17.9 Å². The van der Waals surface area contributed by atoms with Crippen molar-refractivity contribution in [2.24, 2.45) is 0 Å². The van der Waals surface area contributed by atoms with Gasteiger partial charge in [0.15, 0.2) is 0 Å². The third-order valence-electron chi connectivity index (χ3n) is 2.34. The first kappa shape index (κ1) is 14.5. The Bertz CT molecular complexity index is 407. The molecule has 4 nitrogen and oxygen atoms in total. The first-order valence-corrected chi connectivity index (χ1v) is 5.66. The molecule has 0 saturated heterocycles. The molecule has 0 bridgehead atoms. The molecular formula is C11H16F3N3O. The molecular weight excluding hydrogens is 247 g/mol. The highest BCUT2D eigenvalue weighted by Crippen LogP contribution is 2.23. The normalized spacial score (nSPS) is 11.6. The Balaban J connectivity index is 2.59. The zero-order chi connectivity index (χ0) is 13.8. The van der Waals surface area contributed by atoms with Crippen molar-refractivity contribution in [2.75, 3.05) is 12.3 Å². The molecule has 0 unspecified atom stereocenters. The monoisotopic (exact) mass is 263 g/mol. The molecule has 1 heterocycles. The number of nitrogens with two attached hydrogens (primary N) is 1. The number of ether oxygens (including phenoxy) is 1. The zero-order valence-electron chi connectivity index (χ0n) is 10.3. The maximum atomic E-state index is 11.9. The van der Waals surface area contributed by atoms with Gasteiger partial charge in [-0.05, 0) is 13.3 Å². The Morgan fingerprint density at radius 2 is 1.94 bits per heavy atom. The maximum absolute atomic E-state index is 11.9. The highest BCUT2D eigenvalue weighted by molar-refractivity contribution is 5.44. The molecule has 0 saturated carbocycles. The van der Waals surface area contributed by atoms with Crippen molar-refractivity contribution in [2.45, 2.75) is 39.3 Å². The van der Waals surface area contributed by atoms with Crippen molar-refractivity contribution in [3.05, 3.63) is 11.4 Å². The van der Waals surface area contributed by atoms with Crippen LogP contribution >= 0.6 is 0 Å². The number of nitrogens with zero attached hydrogens (tertiary/aromatic N) is 2. The van der Waals surface area contributed by atoms with Gasteiger partial charge in [0.25, 0.3) is 0 Å². The van der Waals surface area contributed by atoms with Gasteiger partial charge in [0, 0.05) is 12.8 Å².